The molecule has 2 amide bonds. The number of amides is 2. The third kappa shape index (κ3) is 6.07. The van der Waals surface area contributed by atoms with E-state index in [0.29, 0.717) is 6.54 Å². The van der Waals surface area contributed by atoms with Crippen LogP contribution in [0, 0.1) is 12.8 Å². The van der Waals surface area contributed by atoms with Crippen molar-refractivity contribution in [2.45, 2.75) is 77.5 Å². The van der Waals surface area contributed by atoms with E-state index in [-0.39, 0.29) is 23.8 Å². The number of fused-ring (bicyclic) bond motifs is 1. The Bertz CT molecular complexity index is 1320. The van der Waals surface area contributed by atoms with Crippen LogP contribution in [0.2, 0.25) is 0 Å². The number of nitrogens with one attached hydrogen (secondary N) is 1. The first-order valence-corrected chi connectivity index (χ1v) is 13.6. The number of pyridine rings is 1. The molecule has 5 rings (SSSR count). The molecule has 6 heteroatoms. The van der Waals surface area contributed by atoms with Gasteiger partial charge in [0, 0.05) is 17.3 Å². The first kappa shape index (κ1) is 26.0. The molecule has 1 unspecified atom stereocenters. The molecule has 3 aromatic rings. The molecule has 6 nitrogen and oxygen atoms in total. The number of rotatable bonds is 6. The molecule has 3 atom stereocenters. The lowest BCUT2D eigenvalue weighted by Crippen LogP contribution is -2.36. The van der Waals surface area contributed by atoms with Gasteiger partial charge in [0.25, 0.3) is 0 Å². The van der Waals surface area contributed by atoms with E-state index in [9.17, 15) is 9.59 Å². The number of nitrogens with zero attached hydrogens (tertiary/aromatic N) is 2. The van der Waals surface area contributed by atoms with Crippen LogP contribution in [0.5, 0.6) is 0 Å². The van der Waals surface area contributed by atoms with Gasteiger partial charge in [-0.2, -0.15) is 0 Å². The fraction of sp³-hybridized carbons (Fsp3) is 0.406. The number of hydrogen-bond acceptors (Lipinski definition) is 4. The van der Waals surface area contributed by atoms with Crippen molar-refractivity contribution in [2.24, 2.45) is 5.92 Å². The van der Waals surface area contributed by atoms with Crippen LogP contribution >= 0.6 is 0 Å². The van der Waals surface area contributed by atoms with Gasteiger partial charge < -0.3 is 15.0 Å². The van der Waals surface area contributed by atoms with Crippen LogP contribution in [0.4, 0.5) is 10.5 Å². The van der Waals surface area contributed by atoms with Crippen LogP contribution < -0.4 is 10.2 Å². The largest absolute Gasteiger partial charge is 0.444 e. The van der Waals surface area contributed by atoms with E-state index in [2.05, 4.69) is 34.6 Å². The Balaban J connectivity index is 1.44. The summed E-state index contributed by atoms with van der Waals surface area (Å²) in [6.07, 6.45) is 3.22. The molecule has 0 aliphatic heterocycles. The molecule has 38 heavy (non-hydrogen) atoms. The van der Waals surface area contributed by atoms with E-state index in [0.717, 1.165) is 48.3 Å². The predicted molar refractivity (Wildman–Crippen MR) is 149 cm³/mol. The van der Waals surface area contributed by atoms with E-state index in [1.165, 1.54) is 11.1 Å². The first-order valence-electron chi connectivity index (χ1n) is 13.6. The fourth-order valence-electron chi connectivity index (χ4n) is 5.44. The van der Waals surface area contributed by atoms with Crippen molar-refractivity contribution >= 4 is 17.7 Å². The lowest BCUT2D eigenvalue weighted by molar-refractivity contribution is -0.120. The van der Waals surface area contributed by atoms with Crippen LogP contribution in [-0.4, -0.2) is 22.6 Å². The molecule has 1 saturated carbocycles. The minimum atomic E-state index is -0.562. The Morgan fingerprint density at radius 2 is 1.84 bits per heavy atom. The number of carbonyl (C=O) groups excluding carboxylic acids is 2. The van der Waals surface area contributed by atoms with Crippen LogP contribution in [0.3, 0.4) is 0 Å². The minimum absolute atomic E-state index is 0.0473. The van der Waals surface area contributed by atoms with Gasteiger partial charge in [0.05, 0.1) is 18.3 Å². The second-order valence-corrected chi connectivity index (χ2v) is 11.5. The highest BCUT2D eigenvalue weighted by Crippen LogP contribution is 2.49. The number of aryl methyl sites for hydroxylation is 2. The second-order valence-electron chi connectivity index (χ2n) is 11.5. The van der Waals surface area contributed by atoms with E-state index in [1.54, 1.807) is 0 Å². The maximum atomic E-state index is 14.0. The molecule has 198 valence electrons. The molecule has 2 aliphatic carbocycles. The van der Waals surface area contributed by atoms with Gasteiger partial charge in [0.1, 0.15) is 5.60 Å². The summed E-state index contributed by atoms with van der Waals surface area (Å²) in [6, 6.07) is 22.3. The third-order valence-electron chi connectivity index (χ3n) is 7.31. The quantitative estimate of drug-likeness (QED) is 0.403. The van der Waals surface area contributed by atoms with E-state index < -0.39 is 11.7 Å². The molecule has 1 N–H and O–H groups in total. The molecule has 1 fully saturated rings. The van der Waals surface area contributed by atoms with Crippen molar-refractivity contribution in [2.75, 3.05) is 4.90 Å². The Morgan fingerprint density at radius 1 is 1.05 bits per heavy atom. The average Bonchev–Trinajstić information content (AvgIpc) is 3.68. The smallest absolute Gasteiger partial charge is 0.408 e. The monoisotopic (exact) mass is 511 g/mol. The highest BCUT2D eigenvalue weighted by molar-refractivity contribution is 5.97. The van der Waals surface area contributed by atoms with Crippen LogP contribution in [0.15, 0.2) is 66.7 Å². The Morgan fingerprint density at radius 3 is 2.58 bits per heavy atom. The maximum absolute atomic E-state index is 14.0. The molecule has 1 aromatic heterocycles. The highest BCUT2D eigenvalue weighted by Gasteiger charge is 2.46. The lowest BCUT2D eigenvalue weighted by atomic mass is 9.87. The number of anilines is 1. The molecular weight excluding hydrogens is 474 g/mol. The average molecular weight is 512 g/mol. The van der Waals surface area contributed by atoms with Gasteiger partial charge in [0.2, 0.25) is 5.91 Å². The van der Waals surface area contributed by atoms with E-state index in [1.807, 2.05) is 75.1 Å². The molecule has 0 saturated heterocycles. The normalized spacial score (nSPS) is 20.3. The molecule has 0 radical (unpaired) electrons. The molecule has 0 spiro atoms. The van der Waals surface area contributed by atoms with Gasteiger partial charge in [-0.25, -0.2) is 4.79 Å². The number of benzene rings is 2. The first-order chi connectivity index (χ1) is 18.2. The van der Waals surface area contributed by atoms with Gasteiger partial charge in [-0.15, -0.1) is 0 Å². The van der Waals surface area contributed by atoms with E-state index in [4.69, 9.17) is 4.74 Å². The number of hydrogen-bond donors (Lipinski definition) is 1. The Kier molecular flexibility index (Phi) is 7.24. The number of carbonyl (C=O) groups is 2. The SMILES string of the molecule is Cc1cccc(CN(C(=O)[C@@H]2C[C@H]2c2ccccc2)c2ccc3c(c2)C(NC(=O)OC(C)(C)C)CCC3)n1. The van der Waals surface area contributed by atoms with Gasteiger partial charge in [-0.05, 0) is 100 Å². The zero-order valence-electron chi connectivity index (χ0n) is 22.7. The van der Waals surface area contributed by atoms with E-state index >= 15 is 0 Å². The standard InChI is InChI=1S/C32H37N3O3/c1-21-10-8-14-24(33-21)20-35(30(36)28-19-26(28)22-11-6-5-7-12-22)25-17-16-23-13-9-15-29(27(23)18-25)34-31(37)38-32(2,3)4/h5-8,10-12,14,16-18,26,28-29H,9,13,15,19-20H2,1-4H3,(H,34,37)/t26-,28+,29?/m0/s1. The summed E-state index contributed by atoms with van der Waals surface area (Å²) in [4.78, 5) is 33.1. The zero-order valence-corrected chi connectivity index (χ0v) is 22.7. The van der Waals surface area contributed by atoms with Crippen molar-refractivity contribution < 1.29 is 14.3 Å². The topological polar surface area (TPSA) is 71.5 Å². The summed E-state index contributed by atoms with van der Waals surface area (Å²) in [6.45, 7) is 7.96. The van der Waals surface area contributed by atoms with Gasteiger partial charge in [-0.1, -0.05) is 42.5 Å². The van der Waals surface area contributed by atoms with Crippen LogP contribution in [0.25, 0.3) is 0 Å². The van der Waals surface area contributed by atoms with Crippen LogP contribution in [-0.2, 0) is 22.5 Å². The highest BCUT2D eigenvalue weighted by atomic mass is 16.6. The number of aromatic nitrogens is 1. The number of alkyl carbamates (subject to hydrolysis) is 1. The summed E-state index contributed by atoms with van der Waals surface area (Å²) in [7, 11) is 0. The molecule has 2 aliphatic rings. The van der Waals surface area contributed by atoms with Gasteiger partial charge in [-0.3, -0.25) is 9.78 Å². The summed E-state index contributed by atoms with van der Waals surface area (Å²) in [5.41, 5.74) is 5.54. The van der Waals surface area contributed by atoms with Crippen molar-refractivity contribution in [3.63, 3.8) is 0 Å². The third-order valence-corrected chi connectivity index (χ3v) is 7.31. The Hall–Kier alpha value is -3.67. The van der Waals surface area contributed by atoms with Crippen molar-refractivity contribution in [1.82, 2.24) is 10.3 Å². The summed E-state index contributed by atoms with van der Waals surface area (Å²) < 4.78 is 5.53. The summed E-state index contributed by atoms with van der Waals surface area (Å²) >= 11 is 0. The number of ether oxygens (including phenoxy) is 1. The second kappa shape index (κ2) is 10.6. The zero-order chi connectivity index (χ0) is 26.9. The summed E-state index contributed by atoms with van der Waals surface area (Å²) in [5.74, 6) is 0.319. The predicted octanol–water partition coefficient (Wildman–Crippen LogP) is 6.63. The molecular formula is C32H37N3O3. The Labute approximate surface area is 225 Å². The van der Waals surface area contributed by atoms with Crippen LogP contribution in [0.1, 0.15) is 80.1 Å². The summed E-state index contributed by atoms with van der Waals surface area (Å²) in [5, 5.41) is 3.07. The van der Waals surface area contributed by atoms with Crippen molar-refractivity contribution in [1.29, 1.82) is 0 Å². The van der Waals surface area contributed by atoms with Crippen molar-refractivity contribution in [3.8, 4) is 0 Å². The fourth-order valence-corrected chi connectivity index (χ4v) is 5.44. The molecule has 0 bridgehead atoms. The molecule has 1 heterocycles. The minimum Gasteiger partial charge on any atom is -0.444 e. The van der Waals surface area contributed by atoms with Gasteiger partial charge in [0.15, 0.2) is 0 Å². The van der Waals surface area contributed by atoms with Gasteiger partial charge >= 0.3 is 6.09 Å². The maximum Gasteiger partial charge on any atom is 0.408 e. The lowest BCUT2D eigenvalue weighted by Gasteiger charge is -2.30. The van der Waals surface area contributed by atoms with Crippen molar-refractivity contribution in [3.05, 3.63) is 94.8 Å². The molecule has 2 aromatic carbocycles.